The van der Waals surface area contributed by atoms with E-state index in [1.54, 1.807) is 12.4 Å². The number of aromatic nitrogens is 2. The van der Waals surface area contributed by atoms with Crippen LogP contribution in [0.5, 0.6) is 0 Å². The standard InChI is InChI=1S/C17H28N4O3.2ClH/c1-4-11(5-2)8-13(20-10(3)22)15-12(16-18-6-7-19-16)9-14(21-15)17(23)24;;/h6-7,11-15,21H,4-5,8-9H2,1-3H3,(H,18,19)(H,20,22)(H,23,24);2*1H/t12-,13+,14-,15-;;/m1../s1. The molecule has 0 spiro atoms. The minimum Gasteiger partial charge on any atom is -0.480 e. The third-order valence-corrected chi connectivity index (χ3v) is 5.05. The Balaban J connectivity index is 0.00000312. The summed E-state index contributed by atoms with van der Waals surface area (Å²) in [5, 5.41) is 15.7. The highest BCUT2D eigenvalue weighted by Gasteiger charge is 2.43. The van der Waals surface area contributed by atoms with Gasteiger partial charge in [-0.25, -0.2) is 4.98 Å². The Hall–Kier alpha value is -1.31. The van der Waals surface area contributed by atoms with Crippen LogP contribution >= 0.6 is 24.8 Å². The highest BCUT2D eigenvalue weighted by molar-refractivity contribution is 5.85. The third-order valence-electron chi connectivity index (χ3n) is 5.05. The van der Waals surface area contributed by atoms with Gasteiger partial charge >= 0.3 is 5.97 Å². The molecule has 1 aliphatic rings. The van der Waals surface area contributed by atoms with E-state index in [9.17, 15) is 14.7 Å². The van der Waals surface area contributed by atoms with Crippen molar-refractivity contribution in [2.75, 3.05) is 0 Å². The first-order valence-corrected chi connectivity index (χ1v) is 8.71. The molecule has 0 aliphatic carbocycles. The molecule has 1 aromatic heterocycles. The van der Waals surface area contributed by atoms with Crippen molar-refractivity contribution < 1.29 is 14.7 Å². The molecule has 4 atom stereocenters. The Bertz CT molecular complexity index is 552. The van der Waals surface area contributed by atoms with Gasteiger partial charge in [0.1, 0.15) is 11.9 Å². The number of amides is 1. The zero-order valence-corrected chi connectivity index (χ0v) is 17.0. The maximum Gasteiger partial charge on any atom is 0.320 e. The van der Waals surface area contributed by atoms with Crippen molar-refractivity contribution >= 4 is 36.7 Å². The predicted molar refractivity (Wildman–Crippen MR) is 105 cm³/mol. The largest absolute Gasteiger partial charge is 0.480 e. The molecular formula is C17H30Cl2N4O3. The van der Waals surface area contributed by atoms with Crippen LogP contribution in [0.3, 0.4) is 0 Å². The van der Waals surface area contributed by atoms with E-state index in [1.165, 1.54) is 6.92 Å². The van der Waals surface area contributed by atoms with Crippen LogP contribution in [0, 0.1) is 5.92 Å². The lowest BCUT2D eigenvalue weighted by molar-refractivity contribution is -0.139. The molecule has 1 amide bonds. The lowest BCUT2D eigenvalue weighted by Gasteiger charge is -2.31. The molecule has 7 nitrogen and oxygen atoms in total. The number of H-pyrrole nitrogens is 1. The van der Waals surface area contributed by atoms with Crippen LogP contribution in [0.2, 0.25) is 0 Å². The van der Waals surface area contributed by atoms with Gasteiger partial charge in [0, 0.05) is 37.3 Å². The fourth-order valence-electron chi connectivity index (χ4n) is 3.69. The monoisotopic (exact) mass is 408 g/mol. The summed E-state index contributed by atoms with van der Waals surface area (Å²) in [6, 6.07) is -0.892. The van der Waals surface area contributed by atoms with Crippen molar-refractivity contribution in [1.29, 1.82) is 0 Å². The second-order valence-corrected chi connectivity index (χ2v) is 6.63. The van der Waals surface area contributed by atoms with Crippen LogP contribution in [-0.4, -0.2) is 45.1 Å². The number of rotatable bonds is 8. The summed E-state index contributed by atoms with van der Waals surface area (Å²) in [5.41, 5.74) is 0. The van der Waals surface area contributed by atoms with Gasteiger partial charge in [-0.15, -0.1) is 24.8 Å². The maximum atomic E-state index is 11.7. The molecule has 26 heavy (non-hydrogen) atoms. The van der Waals surface area contributed by atoms with E-state index < -0.39 is 12.0 Å². The van der Waals surface area contributed by atoms with Crippen molar-refractivity contribution in [2.24, 2.45) is 5.92 Å². The van der Waals surface area contributed by atoms with Crippen molar-refractivity contribution in [3.63, 3.8) is 0 Å². The summed E-state index contributed by atoms with van der Waals surface area (Å²) >= 11 is 0. The number of carbonyl (C=O) groups is 2. The summed E-state index contributed by atoms with van der Waals surface area (Å²) in [7, 11) is 0. The Morgan fingerprint density at radius 2 is 2.00 bits per heavy atom. The minimum absolute atomic E-state index is 0. The maximum absolute atomic E-state index is 11.7. The summed E-state index contributed by atoms with van der Waals surface area (Å²) < 4.78 is 0. The number of halogens is 2. The van der Waals surface area contributed by atoms with Gasteiger partial charge < -0.3 is 15.4 Å². The van der Waals surface area contributed by atoms with E-state index in [-0.39, 0.29) is 48.7 Å². The number of nitrogens with one attached hydrogen (secondary N) is 3. The molecule has 1 aromatic rings. The van der Waals surface area contributed by atoms with Gasteiger partial charge in [0.2, 0.25) is 5.91 Å². The predicted octanol–water partition coefficient (Wildman–Crippen LogP) is 2.48. The molecule has 0 unspecified atom stereocenters. The third kappa shape index (κ3) is 6.14. The molecule has 9 heteroatoms. The van der Waals surface area contributed by atoms with Crippen LogP contribution in [0.15, 0.2) is 12.4 Å². The second-order valence-electron chi connectivity index (χ2n) is 6.63. The second kappa shape index (κ2) is 11.4. The molecule has 4 N–H and O–H groups in total. The molecule has 0 aromatic carbocycles. The van der Waals surface area contributed by atoms with Gasteiger partial charge in [-0.1, -0.05) is 26.7 Å². The Morgan fingerprint density at radius 3 is 2.46 bits per heavy atom. The van der Waals surface area contributed by atoms with Gasteiger partial charge in [-0.3, -0.25) is 14.9 Å². The molecule has 1 aliphatic heterocycles. The molecule has 1 saturated heterocycles. The Morgan fingerprint density at radius 1 is 1.35 bits per heavy atom. The summed E-state index contributed by atoms with van der Waals surface area (Å²) in [6.07, 6.45) is 6.78. The van der Waals surface area contributed by atoms with Gasteiger partial charge in [0.15, 0.2) is 0 Å². The molecule has 0 bridgehead atoms. The number of carboxylic acids is 1. The number of aromatic amines is 1. The number of carboxylic acid groups (broad SMARTS) is 1. The number of carbonyl (C=O) groups excluding carboxylic acids is 1. The first-order valence-electron chi connectivity index (χ1n) is 8.71. The number of aliphatic carboxylic acids is 1. The van der Waals surface area contributed by atoms with Crippen molar-refractivity contribution in [1.82, 2.24) is 20.6 Å². The first kappa shape index (κ1) is 24.7. The highest BCUT2D eigenvalue weighted by Crippen LogP contribution is 2.33. The minimum atomic E-state index is -0.863. The van der Waals surface area contributed by atoms with E-state index >= 15 is 0 Å². The van der Waals surface area contributed by atoms with Crippen molar-refractivity contribution in [2.45, 2.75) is 70.5 Å². The molecule has 0 saturated carbocycles. The molecule has 1 fully saturated rings. The van der Waals surface area contributed by atoms with E-state index in [1.807, 2.05) is 0 Å². The van der Waals surface area contributed by atoms with Gasteiger partial charge in [0.25, 0.3) is 0 Å². The van der Waals surface area contributed by atoms with Crippen molar-refractivity contribution in [3.8, 4) is 0 Å². The summed E-state index contributed by atoms with van der Waals surface area (Å²) in [5.74, 6) is 0.246. The average molecular weight is 409 g/mol. The fourth-order valence-corrected chi connectivity index (χ4v) is 3.69. The van der Waals surface area contributed by atoms with Gasteiger partial charge in [-0.2, -0.15) is 0 Å². The first-order chi connectivity index (χ1) is 11.5. The average Bonchev–Trinajstić information content (AvgIpc) is 3.19. The van der Waals surface area contributed by atoms with Crippen LogP contribution in [0.1, 0.15) is 58.2 Å². The summed E-state index contributed by atoms with van der Waals surface area (Å²) in [4.78, 5) is 30.6. The lowest BCUT2D eigenvalue weighted by Crippen LogP contribution is -2.51. The topological polar surface area (TPSA) is 107 Å². The zero-order chi connectivity index (χ0) is 17.7. The van der Waals surface area contributed by atoms with Crippen LogP contribution in [0.25, 0.3) is 0 Å². The van der Waals surface area contributed by atoms with Gasteiger partial charge in [-0.05, 0) is 18.8 Å². The normalized spacial score (nSPS) is 23.0. The molecule has 150 valence electrons. The van der Waals surface area contributed by atoms with Crippen LogP contribution < -0.4 is 10.6 Å². The number of nitrogens with zero attached hydrogens (tertiary/aromatic N) is 1. The number of hydrogen-bond donors (Lipinski definition) is 4. The Kier molecular flexibility index (Phi) is 10.8. The molecule has 2 rings (SSSR count). The number of imidazole rings is 1. The molecule has 2 heterocycles. The smallest absolute Gasteiger partial charge is 0.320 e. The zero-order valence-electron chi connectivity index (χ0n) is 15.4. The molecular weight excluding hydrogens is 379 g/mol. The van der Waals surface area contributed by atoms with E-state index in [2.05, 4.69) is 34.4 Å². The SMILES string of the molecule is CCC(CC)C[C@H](NC(C)=O)[C@@H]1N[C@@H](C(=O)O)C[C@H]1c1ncc[nH]1.Cl.Cl. The van der Waals surface area contributed by atoms with Crippen LogP contribution in [-0.2, 0) is 9.59 Å². The quantitative estimate of drug-likeness (QED) is 0.528. The molecule has 0 radical (unpaired) electrons. The number of hydrogen-bond acceptors (Lipinski definition) is 4. The Labute approximate surface area is 166 Å². The van der Waals surface area contributed by atoms with Crippen LogP contribution in [0.4, 0.5) is 0 Å². The summed E-state index contributed by atoms with van der Waals surface area (Å²) in [6.45, 7) is 5.79. The van der Waals surface area contributed by atoms with E-state index in [0.717, 1.165) is 25.1 Å². The lowest BCUT2D eigenvalue weighted by atomic mass is 9.85. The van der Waals surface area contributed by atoms with Gasteiger partial charge in [0.05, 0.1) is 0 Å². The van der Waals surface area contributed by atoms with Crippen molar-refractivity contribution in [3.05, 3.63) is 18.2 Å². The van der Waals surface area contributed by atoms with E-state index in [0.29, 0.717) is 12.3 Å². The highest BCUT2D eigenvalue weighted by atomic mass is 35.5. The van der Waals surface area contributed by atoms with E-state index in [4.69, 9.17) is 0 Å². The fraction of sp³-hybridized carbons (Fsp3) is 0.706.